The van der Waals surface area contributed by atoms with Crippen LogP contribution in [-0.4, -0.2) is 0 Å². The van der Waals surface area contributed by atoms with Crippen molar-refractivity contribution >= 4 is 46.4 Å². The normalized spacial score (nSPS) is 9.72. The minimum Gasteiger partial charge on any atom is -0.168 e. The van der Waals surface area contributed by atoms with Crippen LogP contribution >= 0.6 is 24.8 Å². The predicted octanol–water partition coefficient (Wildman–Crippen LogP) is 8.64. The molecule has 0 bridgehead atoms. The molecule has 0 fully saturated rings. The molecule has 29 heavy (non-hydrogen) atoms. The molecule has 0 saturated carbocycles. The summed E-state index contributed by atoms with van der Waals surface area (Å²) >= 11 is 0. The van der Waals surface area contributed by atoms with Gasteiger partial charge in [0.05, 0.1) is 0 Å². The molecule has 4 aromatic rings. The van der Waals surface area contributed by atoms with E-state index in [4.69, 9.17) is 0 Å². The summed E-state index contributed by atoms with van der Waals surface area (Å²) < 4.78 is 0. The summed E-state index contributed by atoms with van der Waals surface area (Å²) in [6.07, 6.45) is 7.61. The fourth-order valence-corrected chi connectivity index (χ4v) is 3.60. The fraction of sp³-hybridized carbons (Fsp3) is 0.308. The number of unbranched alkanes of at least 4 members (excludes halogenated alkanes) is 2. The van der Waals surface area contributed by atoms with Gasteiger partial charge in [-0.2, -0.15) is 12.1 Å². The molecule has 0 aromatic heterocycles. The van der Waals surface area contributed by atoms with E-state index in [1.807, 2.05) is 0 Å². The molecule has 0 aliphatic heterocycles. The Kier molecular flexibility index (Phi) is 14.6. The molecular weight excluding hydrogens is 474 g/mol. The molecule has 0 amide bonds. The van der Waals surface area contributed by atoms with Crippen LogP contribution in [0.25, 0.3) is 21.5 Å². The van der Waals surface area contributed by atoms with E-state index in [1.165, 1.54) is 71.2 Å². The predicted molar refractivity (Wildman–Crippen MR) is 131 cm³/mol. The first kappa shape index (κ1) is 28.1. The number of hydrogen-bond donors (Lipinski definition) is 0. The Labute approximate surface area is 207 Å². The van der Waals surface area contributed by atoms with Crippen molar-refractivity contribution in [3.63, 3.8) is 0 Å². The molecule has 0 heterocycles. The van der Waals surface area contributed by atoms with E-state index in [0.717, 1.165) is 0 Å². The second-order valence-electron chi connectivity index (χ2n) is 7.10. The molecule has 0 radical (unpaired) electrons. The largest absolute Gasteiger partial charge is 2.00 e. The third-order valence-electron chi connectivity index (χ3n) is 5.14. The molecule has 0 saturated heterocycles. The van der Waals surface area contributed by atoms with Crippen LogP contribution in [-0.2, 0) is 39.0 Å². The molecular formula is C26H32Cl2Zr. The quantitative estimate of drug-likeness (QED) is 0.230. The number of fused-ring (bicyclic) bond motifs is 2. The minimum atomic E-state index is 0. The number of aryl methyl sites for hydroxylation is 2. The van der Waals surface area contributed by atoms with E-state index < -0.39 is 0 Å². The van der Waals surface area contributed by atoms with Gasteiger partial charge >= 0.3 is 26.2 Å². The molecule has 0 aliphatic carbocycles. The van der Waals surface area contributed by atoms with Gasteiger partial charge in [0, 0.05) is 0 Å². The zero-order chi connectivity index (χ0) is 18.2. The Hall–Kier alpha value is -0.877. The first-order valence-electron chi connectivity index (χ1n) is 10.1. The van der Waals surface area contributed by atoms with E-state index in [0.29, 0.717) is 0 Å². The number of hydrogen-bond acceptors (Lipinski definition) is 0. The van der Waals surface area contributed by atoms with Crippen LogP contribution in [0.3, 0.4) is 0 Å². The number of benzene rings is 2. The molecule has 0 atom stereocenters. The van der Waals surface area contributed by atoms with Gasteiger partial charge in [-0.1, -0.05) is 64.5 Å². The van der Waals surface area contributed by atoms with Crippen LogP contribution in [0.2, 0.25) is 0 Å². The van der Waals surface area contributed by atoms with Gasteiger partial charge in [-0.3, -0.25) is 0 Å². The van der Waals surface area contributed by atoms with E-state index in [1.54, 1.807) is 0 Å². The molecule has 0 aliphatic rings. The summed E-state index contributed by atoms with van der Waals surface area (Å²) in [6, 6.07) is 26.2. The third kappa shape index (κ3) is 7.71. The summed E-state index contributed by atoms with van der Waals surface area (Å²) in [6.45, 7) is 4.48. The van der Waals surface area contributed by atoms with Gasteiger partial charge in [0.15, 0.2) is 0 Å². The maximum atomic E-state index is 2.26. The monoisotopic (exact) mass is 504 g/mol. The summed E-state index contributed by atoms with van der Waals surface area (Å²) in [4.78, 5) is 0. The zero-order valence-electron chi connectivity index (χ0n) is 17.5. The third-order valence-corrected chi connectivity index (χ3v) is 5.14. The van der Waals surface area contributed by atoms with Crippen molar-refractivity contribution in [3.05, 3.63) is 83.9 Å². The Morgan fingerprint density at radius 2 is 0.966 bits per heavy atom. The van der Waals surface area contributed by atoms with Crippen molar-refractivity contribution in [3.8, 4) is 0 Å². The van der Waals surface area contributed by atoms with Crippen LogP contribution in [0.5, 0.6) is 0 Å². The van der Waals surface area contributed by atoms with Crippen LogP contribution in [0.4, 0.5) is 0 Å². The van der Waals surface area contributed by atoms with Crippen LogP contribution in [0.15, 0.2) is 72.8 Å². The molecule has 0 nitrogen and oxygen atoms in total. The first-order chi connectivity index (χ1) is 12.8. The smallest absolute Gasteiger partial charge is 0.168 e. The summed E-state index contributed by atoms with van der Waals surface area (Å²) in [5, 5.41) is 5.65. The number of halogens is 2. The van der Waals surface area contributed by atoms with Crippen molar-refractivity contribution < 1.29 is 26.2 Å². The SMILES string of the molecule is CCCC[c-]1ccc2ccccc21.CCCC[c-]1ccc2ccccc21.Cl.Cl.[Zr+2]. The molecule has 0 unspecified atom stereocenters. The van der Waals surface area contributed by atoms with Gasteiger partial charge in [0.2, 0.25) is 0 Å². The van der Waals surface area contributed by atoms with Crippen molar-refractivity contribution in [2.24, 2.45) is 0 Å². The van der Waals surface area contributed by atoms with Crippen molar-refractivity contribution in [2.45, 2.75) is 52.4 Å². The average molecular weight is 507 g/mol. The molecule has 3 heteroatoms. The van der Waals surface area contributed by atoms with E-state index in [2.05, 4.69) is 86.6 Å². The standard InChI is InChI=1S/2C13H15.2ClH.Zr/c2*1-2-3-6-11-9-10-12-7-4-5-8-13(11)12;;;/h2*4-5,7-10H,2-3,6H2,1H3;2*1H;/q2*-1;;;+2. The van der Waals surface area contributed by atoms with Gasteiger partial charge < -0.3 is 0 Å². The molecule has 0 N–H and O–H groups in total. The topological polar surface area (TPSA) is 0 Å². The molecule has 4 rings (SSSR count). The van der Waals surface area contributed by atoms with Crippen molar-refractivity contribution in [1.82, 2.24) is 0 Å². The van der Waals surface area contributed by atoms with E-state index in [-0.39, 0.29) is 51.0 Å². The summed E-state index contributed by atoms with van der Waals surface area (Å²) in [5.41, 5.74) is 3.02. The van der Waals surface area contributed by atoms with Gasteiger partial charge in [-0.25, -0.2) is 0 Å². The van der Waals surface area contributed by atoms with Crippen LogP contribution in [0, 0.1) is 0 Å². The first-order valence-corrected chi connectivity index (χ1v) is 10.1. The Morgan fingerprint density at radius 3 is 1.34 bits per heavy atom. The maximum absolute atomic E-state index is 2.26. The van der Waals surface area contributed by atoms with E-state index in [9.17, 15) is 0 Å². The fourth-order valence-electron chi connectivity index (χ4n) is 3.60. The zero-order valence-corrected chi connectivity index (χ0v) is 21.6. The molecule has 4 aromatic carbocycles. The van der Waals surface area contributed by atoms with Gasteiger partial charge in [0.1, 0.15) is 0 Å². The minimum absolute atomic E-state index is 0. The van der Waals surface area contributed by atoms with Crippen molar-refractivity contribution in [2.75, 3.05) is 0 Å². The Morgan fingerprint density at radius 1 is 0.586 bits per heavy atom. The Bertz CT molecular complexity index is 858. The molecule has 154 valence electrons. The van der Waals surface area contributed by atoms with Gasteiger partial charge in [-0.15, -0.1) is 106 Å². The number of rotatable bonds is 6. The Balaban J connectivity index is 0.000000490. The van der Waals surface area contributed by atoms with Gasteiger partial charge in [0.25, 0.3) is 0 Å². The van der Waals surface area contributed by atoms with Gasteiger partial charge in [-0.05, 0) is 0 Å². The van der Waals surface area contributed by atoms with Crippen LogP contribution in [0.1, 0.15) is 50.7 Å². The van der Waals surface area contributed by atoms with E-state index >= 15 is 0 Å². The van der Waals surface area contributed by atoms with Crippen molar-refractivity contribution in [1.29, 1.82) is 0 Å². The summed E-state index contributed by atoms with van der Waals surface area (Å²) in [5.74, 6) is 0. The van der Waals surface area contributed by atoms with Crippen LogP contribution < -0.4 is 0 Å². The summed E-state index contributed by atoms with van der Waals surface area (Å²) in [7, 11) is 0. The maximum Gasteiger partial charge on any atom is 2.00 e. The molecule has 0 spiro atoms. The average Bonchev–Trinajstić information content (AvgIpc) is 3.29. The second kappa shape index (κ2) is 15.0. The second-order valence-corrected chi connectivity index (χ2v) is 7.10.